The van der Waals surface area contributed by atoms with Crippen molar-refractivity contribution in [1.29, 1.82) is 0 Å². The molecule has 1 N–H and O–H groups in total. The lowest BCUT2D eigenvalue weighted by Crippen LogP contribution is -2.51. The summed E-state index contributed by atoms with van der Waals surface area (Å²) in [5.74, 6) is -0.777. The lowest BCUT2D eigenvalue weighted by atomic mass is 9.66. The summed E-state index contributed by atoms with van der Waals surface area (Å²) in [6.07, 6.45) is 3.20. The molecule has 0 aliphatic heterocycles. The maximum Gasteiger partial charge on any atom is 0.392 e. The van der Waals surface area contributed by atoms with E-state index in [0.29, 0.717) is 12.3 Å². The topological polar surface area (TPSA) is 12.0 Å². The summed E-state index contributed by atoms with van der Waals surface area (Å²) in [4.78, 5) is 0. The molecule has 0 aromatic carbocycles. The van der Waals surface area contributed by atoms with Crippen LogP contribution >= 0.6 is 0 Å². The van der Waals surface area contributed by atoms with Gasteiger partial charge in [-0.05, 0) is 50.5 Å². The van der Waals surface area contributed by atoms with Crippen LogP contribution in [0.25, 0.3) is 0 Å². The molecule has 0 aromatic rings. The summed E-state index contributed by atoms with van der Waals surface area (Å²) in [5, 5.41) is 3.44. The molecule has 0 spiro atoms. The van der Waals surface area contributed by atoms with Crippen molar-refractivity contribution in [3.8, 4) is 0 Å². The molecule has 2 aliphatic carbocycles. The number of hydrogen-bond donors (Lipinski definition) is 1. The number of halogens is 3. The maximum atomic E-state index is 13.2. The van der Waals surface area contributed by atoms with Crippen molar-refractivity contribution < 1.29 is 13.2 Å². The minimum Gasteiger partial charge on any atom is -0.313 e. The van der Waals surface area contributed by atoms with E-state index in [4.69, 9.17) is 0 Å². The molecule has 4 heteroatoms. The zero-order valence-electron chi connectivity index (χ0n) is 11.8. The van der Waals surface area contributed by atoms with E-state index in [1.165, 1.54) is 6.42 Å². The fraction of sp³-hybridized carbons (Fsp3) is 1.00. The van der Waals surface area contributed by atoms with Crippen molar-refractivity contribution in [3.05, 3.63) is 0 Å². The van der Waals surface area contributed by atoms with Crippen LogP contribution in [0.2, 0.25) is 0 Å². The monoisotopic (exact) mass is 277 g/mol. The van der Waals surface area contributed by atoms with Gasteiger partial charge in [0.1, 0.15) is 0 Å². The highest BCUT2D eigenvalue weighted by molar-refractivity contribution is 4.94. The summed E-state index contributed by atoms with van der Waals surface area (Å²) in [7, 11) is 0. The van der Waals surface area contributed by atoms with Crippen molar-refractivity contribution in [2.45, 2.75) is 70.5 Å². The Morgan fingerprint density at radius 1 is 1.05 bits per heavy atom. The van der Waals surface area contributed by atoms with Crippen LogP contribution in [-0.4, -0.2) is 18.8 Å². The van der Waals surface area contributed by atoms with Gasteiger partial charge in [0.2, 0.25) is 0 Å². The van der Waals surface area contributed by atoms with Crippen molar-refractivity contribution in [3.63, 3.8) is 0 Å². The second-order valence-electron chi connectivity index (χ2n) is 6.27. The summed E-state index contributed by atoms with van der Waals surface area (Å²) in [6.45, 7) is 2.93. The van der Waals surface area contributed by atoms with Gasteiger partial charge in [0, 0.05) is 6.04 Å². The second kappa shape index (κ2) is 6.47. The van der Waals surface area contributed by atoms with Crippen LogP contribution in [0, 0.1) is 17.8 Å². The lowest BCUT2D eigenvalue weighted by Gasteiger charge is -2.44. The van der Waals surface area contributed by atoms with Gasteiger partial charge in [0.15, 0.2) is 0 Å². The van der Waals surface area contributed by atoms with E-state index >= 15 is 0 Å². The van der Waals surface area contributed by atoms with Crippen LogP contribution in [0.1, 0.15) is 58.3 Å². The van der Waals surface area contributed by atoms with E-state index in [2.05, 4.69) is 12.2 Å². The highest BCUT2D eigenvalue weighted by atomic mass is 19.4. The summed E-state index contributed by atoms with van der Waals surface area (Å²) in [6, 6.07) is 0.0978. The lowest BCUT2D eigenvalue weighted by molar-refractivity contribution is -0.201. The average Bonchev–Trinajstić information content (AvgIpc) is 2.31. The first-order chi connectivity index (χ1) is 9.04. The van der Waals surface area contributed by atoms with Crippen LogP contribution in [0.4, 0.5) is 13.2 Å². The zero-order valence-corrected chi connectivity index (χ0v) is 11.8. The molecule has 2 aliphatic rings. The fourth-order valence-electron chi connectivity index (χ4n) is 3.77. The van der Waals surface area contributed by atoms with E-state index in [9.17, 15) is 13.2 Å². The van der Waals surface area contributed by atoms with Crippen molar-refractivity contribution >= 4 is 0 Å². The molecule has 0 saturated heterocycles. The highest BCUT2D eigenvalue weighted by Gasteiger charge is 2.49. The average molecular weight is 277 g/mol. The van der Waals surface area contributed by atoms with Gasteiger partial charge < -0.3 is 5.32 Å². The predicted octanol–water partition coefficient (Wildman–Crippen LogP) is 4.52. The highest BCUT2D eigenvalue weighted by Crippen LogP contribution is 2.46. The minimum absolute atomic E-state index is 0.0978. The Balaban J connectivity index is 2.07. The normalized spacial score (nSPS) is 30.9. The molecule has 0 bridgehead atoms. The molecule has 0 amide bonds. The molecule has 2 fully saturated rings. The number of rotatable bonds is 5. The summed E-state index contributed by atoms with van der Waals surface area (Å²) in [5.41, 5.74) is 0. The third kappa shape index (κ3) is 3.65. The van der Waals surface area contributed by atoms with Gasteiger partial charge in [-0.25, -0.2) is 0 Å². The Morgan fingerprint density at radius 2 is 1.74 bits per heavy atom. The first-order valence-corrected chi connectivity index (χ1v) is 7.84. The van der Waals surface area contributed by atoms with E-state index in [-0.39, 0.29) is 12.0 Å². The molecule has 3 atom stereocenters. The van der Waals surface area contributed by atoms with Crippen LogP contribution in [0.5, 0.6) is 0 Å². The Hall–Kier alpha value is -0.250. The molecular formula is C15H26F3N. The molecular weight excluding hydrogens is 251 g/mol. The molecule has 3 unspecified atom stereocenters. The second-order valence-corrected chi connectivity index (χ2v) is 6.27. The van der Waals surface area contributed by atoms with Crippen LogP contribution in [0.3, 0.4) is 0 Å². The van der Waals surface area contributed by atoms with Crippen LogP contribution < -0.4 is 5.32 Å². The third-order valence-electron chi connectivity index (χ3n) is 4.99. The summed E-state index contributed by atoms with van der Waals surface area (Å²) >= 11 is 0. The minimum atomic E-state index is -4.01. The van der Waals surface area contributed by atoms with Gasteiger partial charge in [0.05, 0.1) is 5.92 Å². The van der Waals surface area contributed by atoms with Gasteiger partial charge in [-0.15, -0.1) is 0 Å². The van der Waals surface area contributed by atoms with Gasteiger partial charge >= 0.3 is 6.18 Å². The Morgan fingerprint density at radius 3 is 2.26 bits per heavy atom. The maximum absolute atomic E-state index is 13.2. The molecule has 19 heavy (non-hydrogen) atoms. The van der Waals surface area contributed by atoms with E-state index < -0.39 is 12.1 Å². The first-order valence-electron chi connectivity index (χ1n) is 7.84. The summed E-state index contributed by atoms with van der Waals surface area (Å²) < 4.78 is 39.7. The SMILES string of the molecule is CCCNC(C1CCC1)C1CCCCC1C(F)(F)F. The van der Waals surface area contributed by atoms with E-state index in [1.807, 2.05) is 0 Å². The van der Waals surface area contributed by atoms with E-state index in [0.717, 1.165) is 45.1 Å². The first kappa shape index (κ1) is 15.1. The molecule has 2 rings (SSSR count). The van der Waals surface area contributed by atoms with Crippen molar-refractivity contribution in [1.82, 2.24) is 5.32 Å². The van der Waals surface area contributed by atoms with Gasteiger partial charge in [-0.2, -0.15) is 13.2 Å². The van der Waals surface area contributed by atoms with Crippen molar-refractivity contribution in [2.24, 2.45) is 17.8 Å². The Kier molecular flexibility index (Phi) is 5.15. The molecule has 0 heterocycles. The third-order valence-corrected chi connectivity index (χ3v) is 4.99. The number of hydrogen-bond acceptors (Lipinski definition) is 1. The smallest absolute Gasteiger partial charge is 0.313 e. The molecule has 2 saturated carbocycles. The predicted molar refractivity (Wildman–Crippen MR) is 70.9 cm³/mol. The molecule has 1 nitrogen and oxygen atoms in total. The number of alkyl halides is 3. The Labute approximate surface area is 114 Å². The standard InChI is InChI=1S/C15H26F3N/c1-2-10-19-14(11-6-5-7-11)12-8-3-4-9-13(12)15(16,17)18/h11-14,19H,2-10H2,1H3. The quantitative estimate of drug-likeness (QED) is 0.779. The number of nitrogens with one attached hydrogen (secondary N) is 1. The van der Waals surface area contributed by atoms with Gasteiger partial charge in [-0.3, -0.25) is 0 Å². The van der Waals surface area contributed by atoms with Crippen molar-refractivity contribution in [2.75, 3.05) is 6.54 Å². The van der Waals surface area contributed by atoms with Gasteiger partial charge in [0.25, 0.3) is 0 Å². The Bertz CT molecular complexity index is 273. The molecule has 0 radical (unpaired) electrons. The van der Waals surface area contributed by atoms with Crippen LogP contribution in [0.15, 0.2) is 0 Å². The largest absolute Gasteiger partial charge is 0.392 e. The van der Waals surface area contributed by atoms with E-state index in [1.54, 1.807) is 0 Å². The van der Waals surface area contributed by atoms with Gasteiger partial charge in [-0.1, -0.05) is 26.2 Å². The molecule has 0 aromatic heterocycles. The van der Waals surface area contributed by atoms with Crippen LogP contribution in [-0.2, 0) is 0 Å². The zero-order chi connectivity index (χ0) is 13.9. The molecule has 112 valence electrons. The fourth-order valence-corrected chi connectivity index (χ4v) is 3.77.